The average molecular weight is 231 g/mol. The summed E-state index contributed by atoms with van der Waals surface area (Å²) >= 11 is 0. The van der Waals surface area contributed by atoms with Crippen molar-refractivity contribution < 1.29 is 0 Å². The van der Waals surface area contributed by atoms with Crippen molar-refractivity contribution in [3.05, 3.63) is 30.1 Å². The summed E-state index contributed by atoms with van der Waals surface area (Å²) in [6.45, 7) is 6.55. The third-order valence-corrected chi connectivity index (χ3v) is 3.57. The number of benzene rings is 1. The topological polar surface area (TPSA) is 29.9 Å². The van der Waals surface area contributed by atoms with Crippen LogP contribution in [0.1, 0.15) is 32.1 Å². The van der Waals surface area contributed by atoms with Gasteiger partial charge in [-0.25, -0.2) is 4.98 Å². The van der Waals surface area contributed by atoms with Crippen LogP contribution in [-0.4, -0.2) is 22.6 Å². The monoisotopic (exact) mass is 231 g/mol. The van der Waals surface area contributed by atoms with Gasteiger partial charge in [0.2, 0.25) is 0 Å². The number of nitrogens with zero attached hydrogens (tertiary/aromatic N) is 2. The molecule has 2 rings (SSSR count). The van der Waals surface area contributed by atoms with Crippen LogP contribution in [0.3, 0.4) is 0 Å². The molecule has 92 valence electrons. The highest BCUT2D eigenvalue weighted by Crippen LogP contribution is 2.23. The van der Waals surface area contributed by atoms with Gasteiger partial charge in [-0.1, -0.05) is 19.1 Å². The van der Waals surface area contributed by atoms with Crippen LogP contribution in [0, 0.1) is 6.92 Å². The van der Waals surface area contributed by atoms with Crippen molar-refractivity contribution >= 4 is 11.0 Å². The van der Waals surface area contributed by atoms with Gasteiger partial charge < -0.3 is 9.88 Å². The maximum absolute atomic E-state index is 4.62. The highest BCUT2D eigenvalue weighted by Gasteiger charge is 2.19. The molecule has 1 N–H and O–H groups in total. The quantitative estimate of drug-likeness (QED) is 0.877. The Labute approximate surface area is 103 Å². The summed E-state index contributed by atoms with van der Waals surface area (Å²) in [6.07, 6.45) is 1.11. The van der Waals surface area contributed by atoms with E-state index in [1.54, 1.807) is 0 Å². The van der Waals surface area contributed by atoms with Crippen LogP contribution in [-0.2, 0) is 0 Å². The van der Waals surface area contributed by atoms with Crippen LogP contribution in [0.5, 0.6) is 0 Å². The molecule has 0 aliphatic carbocycles. The number of hydrogen-bond donors (Lipinski definition) is 1. The predicted octanol–water partition coefficient (Wildman–Crippen LogP) is 2.90. The summed E-state index contributed by atoms with van der Waals surface area (Å²) in [7, 11) is 2.03. The molecule has 0 spiro atoms. The summed E-state index contributed by atoms with van der Waals surface area (Å²) < 4.78 is 2.33. The van der Waals surface area contributed by atoms with Crippen LogP contribution in [0.2, 0.25) is 0 Å². The van der Waals surface area contributed by atoms with Gasteiger partial charge in [-0.2, -0.15) is 0 Å². The zero-order valence-electron chi connectivity index (χ0n) is 11.1. The van der Waals surface area contributed by atoms with Gasteiger partial charge >= 0.3 is 0 Å². The summed E-state index contributed by atoms with van der Waals surface area (Å²) in [5, 5.41) is 3.38. The molecule has 1 aromatic carbocycles. The molecule has 0 radical (unpaired) electrons. The first-order valence-electron chi connectivity index (χ1n) is 6.29. The minimum absolute atomic E-state index is 0.414. The molecule has 0 fully saturated rings. The van der Waals surface area contributed by atoms with E-state index >= 15 is 0 Å². The number of aromatic nitrogens is 2. The first-order valence-corrected chi connectivity index (χ1v) is 6.29. The van der Waals surface area contributed by atoms with Gasteiger partial charge in [0.15, 0.2) is 0 Å². The summed E-state index contributed by atoms with van der Waals surface area (Å²) in [5.41, 5.74) is 2.31. The normalized spacial score (nSPS) is 15.1. The zero-order valence-corrected chi connectivity index (χ0v) is 11.1. The Bertz CT molecular complexity index is 497. The highest BCUT2D eigenvalue weighted by molar-refractivity contribution is 5.76. The lowest BCUT2D eigenvalue weighted by molar-refractivity contribution is 0.383. The summed E-state index contributed by atoms with van der Waals surface area (Å²) in [6, 6.07) is 9.23. The third-order valence-electron chi connectivity index (χ3n) is 3.57. The zero-order chi connectivity index (χ0) is 12.4. The summed E-state index contributed by atoms with van der Waals surface area (Å²) in [4.78, 5) is 4.62. The van der Waals surface area contributed by atoms with Gasteiger partial charge in [0, 0.05) is 12.1 Å². The van der Waals surface area contributed by atoms with E-state index in [4.69, 9.17) is 0 Å². The lowest BCUT2D eigenvalue weighted by Gasteiger charge is -2.25. The fraction of sp³-hybridized carbons (Fsp3) is 0.500. The first kappa shape index (κ1) is 12.1. The van der Waals surface area contributed by atoms with Crippen molar-refractivity contribution in [1.82, 2.24) is 14.9 Å². The van der Waals surface area contributed by atoms with Crippen molar-refractivity contribution in [2.45, 2.75) is 39.3 Å². The van der Waals surface area contributed by atoms with E-state index in [0.717, 1.165) is 17.8 Å². The first-order chi connectivity index (χ1) is 8.19. The maximum Gasteiger partial charge on any atom is 0.107 e. The Balaban J connectivity index is 2.50. The summed E-state index contributed by atoms with van der Waals surface area (Å²) in [5.74, 6) is 1.09. The Morgan fingerprint density at radius 2 is 2.06 bits per heavy atom. The molecule has 1 aromatic heterocycles. The van der Waals surface area contributed by atoms with Crippen molar-refractivity contribution in [3.63, 3.8) is 0 Å². The third kappa shape index (κ3) is 2.07. The van der Waals surface area contributed by atoms with Crippen molar-refractivity contribution in [3.8, 4) is 0 Å². The molecule has 3 nitrogen and oxygen atoms in total. The Hall–Kier alpha value is -1.35. The van der Waals surface area contributed by atoms with Crippen LogP contribution >= 0.6 is 0 Å². The minimum Gasteiger partial charge on any atom is -0.324 e. The van der Waals surface area contributed by atoms with E-state index in [2.05, 4.69) is 53.8 Å². The maximum atomic E-state index is 4.62. The molecular formula is C14H21N3. The minimum atomic E-state index is 0.414. The lowest BCUT2D eigenvalue weighted by Crippen LogP contribution is -2.33. The van der Waals surface area contributed by atoms with E-state index in [1.807, 2.05) is 13.1 Å². The number of hydrogen-bond acceptors (Lipinski definition) is 2. The fourth-order valence-electron chi connectivity index (χ4n) is 2.65. The van der Waals surface area contributed by atoms with E-state index in [1.165, 1.54) is 5.52 Å². The average Bonchev–Trinajstić information content (AvgIpc) is 2.66. The van der Waals surface area contributed by atoms with E-state index < -0.39 is 0 Å². The molecule has 0 saturated heterocycles. The van der Waals surface area contributed by atoms with E-state index in [-0.39, 0.29) is 0 Å². The second kappa shape index (κ2) is 4.88. The number of likely N-dealkylation sites (N-methyl/N-ethyl adjacent to an activating group) is 1. The standard InChI is InChI=1S/C14H21N3/c1-5-12(15-4)10(2)17-11(3)16-13-8-6-7-9-14(13)17/h6-10,12,15H,5H2,1-4H3. The molecule has 2 unspecified atom stereocenters. The van der Waals surface area contributed by atoms with Gasteiger partial charge in [0.25, 0.3) is 0 Å². The van der Waals surface area contributed by atoms with Crippen LogP contribution < -0.4 is 5.32 Å². The largest absolute Gasteiger partial charge is 0.324 e. The van der Waals surface area contributed by atoms with Crippen molar-refractivity contribution in [2.24, 2.45) is 0 Å². The van der Waals surface area contributed by atoms with Crippen molar-refractivity contribution in [1.29, 1.82) is 0 Å². The number of aryl methyl sites for hydroxylation is 1. The van der Waals surface area contributed by atoms with Gasteiger partial charge in [0.05, 0.1) is 11.0 Å². The number of rotatable bonds is 4. The van der Waals surface area contributed by atoms with Gasteiger partial charge in [-0.3, -0.25) is 0 Å². The molecule has 0 bridgehead atoms. The second-order valence-corrected chi connectivity index (χ2v) is 4.56. The van der Waals surface area contributed by atoms with Crippen molar-refractivity contribution in [2.75, 3.05) is 7.05 Å². The number of para-hydroxylation sites is 2. The molecule has 17 heavy (non-hydrogen) atoms. The van der Waals surface area contributed by atoms with Crippen LogP contribution in [0.15, 0.2) is 24.3 Å². The molecule has 2 aromatic rings. The number of nitrogens with one attached hydrogen (secondary N) is 1. The molecule has 0 aliphatic rings. The molecule has 0 amide bonds. The molecule has 3 heteroatoms. The SMILES string of the molecule is CCC(NC)C(C)n1c(C)nc2ccccc21. The molecule has 2 atom stereocenters. The predicted molar refractivity (Wildman–Crippen MR) is 72.3 cm³/mol. The Morgan fingerprint density at radius 1 is 1.35 bits per heavy atom. The van der Waals surface area contributed by atoms with Gasteiger partial charge in [-0.15, -0.1) is 0 Å². The Kier molecular flexibility index (Phi) is 3.48. The number of fused-ring (bicyclic) bond motifs is 1. The van der Waals surface area contributed by atoms with Crippen LogP contribution in [0.25, 0.3) is 11.0 Å². The molecule has 0 aliphatic heterocycles. The smallest absolute Gasteiger partial charge is 0.107 e. The second-order valence-electron chi connectivity index (χ2n) is 4.56. The van der Waals surface area contributed by atoms with E-state index in [9.17, 15) is 0 Å². The van der Waals surface area contributed by atoms with Gasteiger partial charge in [-0.05, 0) is 39.4 Å². The lowest BCUT2D eigenvalue weighted by atomic mass is 10.1. The fourth-order valence-corrected chi connectivity index (χ4v) is 2.65. The molecule has 0 saturated carbocycles. The molecule has 1 heterocycles. The number of imidazole rings is 1. The van der Waals surface area contributed by atoms with Crippen LogP contribution in [0.4, 0.5) is 0 Å². The molecular weight excluding hydrogens is 210 g/mol. The van der Waals surface area contributed by atoms with E-state index in [0.29, 0.717) is 12.1 Å². The van der Waals surface area contributed by atoms with Gasteiger partial charge in [0.1, 0.15) is 5.82 Å². The Morgan fingerprint density at radius 3 is 2.71 bits per heavy atom. The highest BCUT2D eigenvalue weighted by atomic mass is 15.1.